The molecule has 0 radical (unpaired) electrons. The van der Waals surface area contributed by atoms with Crippen LogP contribution in [0, 0.1) is 5.82 Å². The van der Waals surface area contributed by atoms with Crippen LogP contribution in [0.2, 0.25) is 0 Å². The van der Waals surface area contributed by atoms with Gasteiger partial charge in [-0.1, -0.05) is 19.8 Å². The van der Waals surface area contributed by atoms with Crippen LogP contribution in [-0.4, -0.2) is 34.3 Å². The van der Waals surface area contributed by atoms with Gasteiger partial charge in [0.05, 0.1) is 12.3 Å². The number of aliphatic hydroxyl groups is 1. The Labute approximate surface area is 107 Å². The van der Waals surface area contributed by atoms with Gasteiger partial charge in [-0.2, -0.15) is 0 Å². The van der Waals surface area contributed by atoms with Crippen LogP contribution >= 0.6 is 0 Å². The van der Waals surface area contributed by atoms with Crippen molar-refractivity contribution in [2.45, 2.75) is 45.1 Å². The Morgan fingerprint density at radius 1 is 1.39 bits per heavy atom. The predicted octanol–water partition coefficient (Wildman–Crippen LogP) is 1.92. The summed E-state index contributed by atoms with van der Waals surface area (Å²) in [6.07, 6.45) is 6.39. The monoisotopic (exact) mass is 253 g/mol. The molecule has 0 aliphatic heterocycles. The van der Waals surface area contributed by atoms with E-state index in [9.17, 15) is 4.39 Å². The molecule has 1 aromatic heterocycles. The Kier molecular flexibility index (Phi) is 4.47. The van der Waals surface area contributed by atoms with Crippen molar-refractivity contribution < 1.29 is 9.50 Å². The first-order valence-electron chi connectivity index (χ1n) is 6.64. The number of anilines is 1. The summed E-state index contributed by atoms with van der Waals surface area (Å²) in [5, 5.41) is 9.17. The van der Waals surface area contributed by atoms with Crippen LogP contribution in [0.25, 0.3) is 0 Å². The molecule has 1 fully saturated rings. The molecule has 0 atom stereocenters. The first-order chi connectivity index (χ1) is 8.77. The molecule has 5 heteroatoms. The quantitative estimate of drug-likeness (QED) is 0.871. The molecular formula is C13H20FN3O. The molecule has 100 valence electrons. The van der Waals surface area contributed by atoms with Crippen molar-refractivity contribution in [2.24, 2.45) is 0 Å². The molecule has 4 nitrogen and oxygen atoms in total. The largest absolute Gasteiger partial charge is 0.395 e. The molecule has 1 aromatic rings. The smallest absolute Gasteiger partial charge is 0.187 e. The summed E-state index contributed by atoms with van der Waals surface area (Å²) in [6, 6.07) is 0.297. The minimum atomic E-state index is -0.333. The first kappa shape index (κ1) is 13.2. The summed E-state index contributed by atoms with van der Waals surface area (Å²) < 4.78 is 14.3. The Morgan fingerprint density at radius 2 is 2.11 bits per heavy atom. The summed E-state index contributed by atoms with van der Waals surface area (Å²) in [6.45, 7) is 2.32. The van der Waals surface area contributed by atoms with Crippen molar-refractivity contribution in [1.29, 1.82) is 0 Å². The number of nitrogens with zero attached hydrogens (tertiary/aromatic N) is 3. The van der Waals surface area contributed by atoms with Gasteiger partial charge in [0.1, 0.15) is 6.33 Å². The number of rotatable bonds is 5. The third-order valence-electron chi connectivity index (χ3n) is 3.56. The van der Waals surface area contributed by atoms with E-state index in [2.05, 4.69) is 9.97 Å². The molecule has 0 saturated heterocycles. The van der Waals surface area contributed by atoms with Crippen LogP contribution in [0.3, 0.4) is 0 Å². The fourth-order valence-electron chi connectivity index (χ4n) is 2.63. The van der Waals surface area contributed by atoms with Crippen LogP contribution in [0.1, 0.15) is 38.3 Å². The van der Waals surface area contributed by atoms with Crippen LogP contribution in [-0.2, 0) is 6.42 Å². The van der Waals surface area contributed by atoms with Gasteiger partial charge in [-0.05, 0) is 19.3 Å². The fraction of sp³-hybridized carbons (Fsp3) is 0.692. The van der Waals surface area contributed by atoms with E-state index in [1.165, 1.54) is 19.2 Å². The molecule has 1 heterocycles. The lowest BCUT2D eigenvalue weighted by atomic mass is 10.2. The van der Waals surface area contributed by atoms with Crippen molar-refractivity contribution in [2.75, 3.05) is 18.1 Å². The summed E-state index contributed by atoms with van der Waals surface area (Å²) in [7, 11) is 0. The highest BCUT2D eigenvalue weighted by molar-refractivity contribution is 5.42. The van der Waals surface area contributed by atoms with Gasteiger partial charge in [0.2, 0.25) is 0 Å². The lowest BCUT2D eigenvalue weighted by Gasteiger charge is -2.29. The highest BCUT2D eigenvalue weighted by Gasteiger charge is 2.26. The van der Waals surface area contributed by atoms with E-state index in [0.717, 1.165) is 12.8 Å². The van der Waals surface area contributed by atoms with Crippen molar-refractivity contribution in [3.63, 3.8) is 0 Å². The standard InChI is InChI=1S/C13H20FN3O/c1-2-11-12(14)13(16-9-15-11)17(7-8-18)10-5-3-4-6-10/h9-10,18H,2-8H2,1H3. The second kappa shape index (κ2) is 6.09. The van der Waals surface area contributed by atoms with E-state index >= 15 is 0 Å². The number of aryl methyl sites for hydroxylation is 1. The molecule has 0 spiro atoms. The summed E-state index contributed by atoms with van der Waals surface area (Å²) in [5.74, 6) is 0.0168. The maximum atomic E-state index is 14.3. The molecule has 0 unspecified atom stereocenters. The molecule has 1 aliphatic rings. The van der Waals surface area contributed by atoms with E-state index in [0.29, 0.717) is 30.5 Å². The number of hydrogen-bond donors (Lipinski definition) is 1. The maximum absolute atomic E-state index is 14.3. The van der Waals surface area contributed by atoms with E-state index < -0.39 is 0 Å². The van der Waals surface area contributed by atoms with E-state index in [1.807, 2.05) is 11.8 Å². The highest BCUT2D eigenvalue weighted by atomic mass is 19.1. The van der Waals surface area contributed by atoms with Crippen molar-refractivity contribution in [1.82, 2.24) is 9.97 Å². The van der Waals surface area contributed by atoms with Crippen molar-refractivity contribution >= 4 is 5.82 Å². The third-order valence-corrected chi connectivity index (χ3v) is 3.56. The third kappa shape index (κ3) is 2.61. The number of hydrogen-bond acceptors (Lipinski definition) is 4. The van der Waals surface area contributed by atoms with Gasteiger partial charge in [-0.25, -0.2) is 14.4 Å². The zero-order chi connectivity index (χ0) is 13.0. The Morgan fingerprint density at radius 3 is 2.72 bits per heavy atom. The number of halogens is 1. The molecule has 2 rings (SSSR count). The number of aromatic nitrogens is 2. The fourth-order valence-corrected chi connectivity index (χ4v) is 2.63. The molecule has 1 saturated carbocycles. The first-order valence-corrected chi connectivity index (χ1v) is 6.64. The molecule has 18 heavy (non-hydrogen) atoms. The number of aliphatic hydroxyl groups excluding tert-OH is 1. The van der Waals surface area contributed by atoms with Gasteiger partial charge >= 0.3 is 0 Å². The lowest BCUT2D eigenvalue weighted by Crippen LogP contribution is -2.37. The summed E-state index contributed by atoms with van der Waals surface area (Å²) >= 11 is 0. The SMILES string of the molecule is CCc1ncnc(N(CCO)C2CCCC2)c1F. The second-order valence-electron chi connectivity index (χ2n) is 4.67. The average Bonchev–Trinajstić information content (AvgIpc) is 2.90. The van der Waals surface area contributed by atoms with Crippen molar-refractivity contribution in [3.05, 3.63) is 17.8 Å². The Hall–Kier alpha value is -1.23. The zero-order valence-electron chi connectivity index (χ0n) is 10.8. The minimum absolute atomic E-state index is 0.0153. The maximum Gasteiger partial charge on any atom is 0.187 e. The highest BCUT2D eigenvalue weighted by Crippen LogP contribution is 2.28. The van der Waals surface area contributed by atoms with Gasteiger partial charge in [0.15, 0.2) is 11.6 Å². The Balaban J connectivity index is 2.29. The lowest BCUT2D eigenvalue weighted by molar-refractivity contribution is 0.296. The van der Waals surface area contributed by atoms with Crippen LogP contribution in [0.5, 0.6) is 0 Å². The molecule has 0 aromatic carbocycles. The van der Waals surface area contributed by atoms with Crippen LogP contribution < -0.4 is 4.90 Å². The van der Waals surface area contributed by atoms with E-state index in [1.54, 1.807) is 0 Å². The zero-order valence-corrected chi connectivity index (χ0v) is 10.8. The van der Waals surface area contributed by atoms with Gasteiger partial charge in [-0.3, -0.25) is 0 Å². The topological polar surface area (TPSA) is 49.2 Å². The molecule has 0 amide bonds. The Bertz CT molecular complexity index is 394. The van der Waals surface area contributed by atoms with Crippen LogP contribution in [0.15, 0.2) is 6.33 Å². The van der Waals surface area contributed by atoms with Crippen molar-refractivity contribution in [3.8, 4) is 0 Å². The van der Waals surface area contributed by atoms with Crippen LogP contribution in [0.4, 0.5) is 10.2 Å². The summed E-state index contributed by atoms with van der Waals surface area (Å²) in [5.41, 5.74) is 0.445. The van der Waals surface area contributed by atoms with Gasteiger partial charge < -0.3 is 10.0 Å². The normalized spacial score (nSPS) is 16.2. The molecule has 1 N–H and O–H groups in total. The average molecular weight is 253 g/mol. The summed E-state index contributed by atoms with van der Waals surface area (Å²) in [4.78, 5) is 9.94. The predicted molar refractivity (Wildman–Crippen MR) is 68.1 cm³/mol. The van der Waals surface area contributed by atoms with E-state index in [-0.39, 0.29) is 12.4 Å². The minimum Gasteiger partial charge on any atom is -0.395 e. The second-order valence-corrected chi connectivity index (χ2v) is 4.67. The van der Waals surface area contributed by atoms with Gasteiger partial charge in [0.25, 0.3) is 0 Å². The molecule has 1 aliphatic carbocycles. The van der Waals surface area contributed by atoms with Gasteiger partial charge in [-0.15, -0.1) is 0 Å². The van der Waals surface area contributed by atoms with Gasteiger partial charge in [0, 0.05) is 12.6 Å². The van der Waals surface area contributed by atoms with E-state index in [4.69, 9.17) is 5.11 Å². The molecule has 0 bridgehead atoms. The molecular weight excluding hydrogens is 233 g/mol.